The maximum atomic E-state index is 12.0. The van der Waals surface area contributed by atoms with Crippen molar-refractivity contribution in [2.24, 2.45) is 11.7 Å². The number of hydrogen-bond donors (Lipinski definition) is 2. The first-order valence-electron chi connectivity index (χ1n) is 6.05. The zero-order valence-electron chi connectivity index (χ0n) is 10.8. The summed E-state index contributed by atoms with van der Waals surface area (Å²) in [7, 11) is 1.30. The number of rotatable bonds is 3. The SMILES string of the molecule is COC(=O)C(C)NC(=O)C1CCCCC1(C)N. The van der Waals surface area contributed by atoms with Crippen LogP contribution in [0.5, 0.6) is 0 Å². The van der Waals surface area contributed by atoms with Gasteiger partial charge in [-0.05, 0) is 26.7 Å². The van der Waals surface area contributed by atoms with Crippen LogP contribution in [0, 0.1) is 5.92 Å². The molecule has 5 heteroatoms. The minimum absolute atomic E-state index is 0.146. The van der Waals surface area contributed by atoms with Gasteiger partial charge in [0.05, 0.1) is 13.0 Å². The van der Waals surface area contributed by atoms with Crippen molar-refractivity contribution in [3.8, 4) is 0 Å². The Hall–Kier alpha value is -1.10. The smallest absolute Gasteiger partial charge is 0.328 e. The van der Waals surface area contributed by atoms with E-state index in [1.165, 1.54) is 7.11 Å². The van der Waals surface area contributed by atoms with E-state index in [1.54, 1.807) is 6.92 Å². The van der Waals surface area contributed by atoms with Gasteiger partial charge in [-0.15, -0.1) is 0 Å². The lowest BCUT2D eigenvalue weighted by molar-refractivity contribution is -0.145. The predicted octanol–water partition coefficient (Wildman–Crippen LogP) is 0.572. The van der Waals surface area contributed by atoms with Crippen LogP contribution in [0.15, 0.2) is 0 Å². The van der Waals surface area contributed by atoms with Gasteiger partial charge in [-0.2, -0.15) is 0 Å². The predicted molar refractivity (Wildman–Crippen MR) is 64.2 cm³/mol. The first kappa shape index (κ1) is 14.0. The average Bonchev–Trinajstić information content (AvgIpc) is 2.26. The Kier molecular flexibility index (Phi) is 4.51. The fourth-order valence-corrected chi connectivity index (χ4v) is 2.34. The van der Waals surface area contributed by atoms with E-state index >= 15 is 0 Å². The van der Waals surface area contributed by atoms with Crippen LogP contribution in [0.1, 0.15) is 39.5 Å². The molecular formula is C12H22N2O3. The lowest BCUT2D eigenvalue weighted by Gasteiger charge is -2.37. The first-order chi connectivity index (χ1) is 7.88. The fourth-order valence-electron chi connectivity index (χ4n) is 2.34. The van der Waals surface area contributed by atoms with Gasteiger partial charge >= 0.3 is 5.97 Å². The summed E-state index contributed by atoms with van der Waals surface area (Å²) >= 11 is 0. The molecule has 0 bridgehead atoms. The molecule has 0 aromatic carbocycles. The Morgan fingerprint density at radius 1 is 1.47 bits per heavy atom. The highest BCUT2D eigenvalue weighted by molar-refractivity contribution is 5.86. The monoisotopic (exact) mass is 242 g/mol. The average molecular weight is 242 g/mol. The Balaban J connectivity index is 2.60. The van der Waals surface area contributed by atoms with Crippen molar-refractivity contribution in [2.75, 3.05) is 7.11 Å². The van der Waals surface area contributed by atoms with Gasteiger partial charge in [0.1, 0.15) is 6.04 Å². The molecule has 3 unspecified atom stereocenters. The van der Waals surface area contributed by atoms with E-state index in [9.17, 15) is 9.59 Å². The molecular weight excluding hydrogens is 220 g/mol. The maximum Gasteiger partial charge on any atom is 0.328 e. The third kappa shape index (κ3) is 3.43. The second-order valence-electron chi connectivity index (χ2n) is 5.06. The summed E-state index contributed by atoms with van der Waals surface area (Å²) < 4.78 is 4.57. The van der Waals surface area contributed by atoms with Gasteiger partial charge in [-0.25, -0.2) is 4.79 Å². The Morgan fingerprint density at radius 2 is 2.12 bits per heavy atom. The van der Waals surface area contributed by atoms with Gasteiger partial charge in [0.2, 0.25) is 5.91 Å². The van der Waals surface area contributed by atoms with Gasteiger partial charge < -0.3 is 15.8 Å². The summed E-state index contributed by atoms with van der Waals surface area (Å²) in [5.41, 5.74) is 5.66. The van der Waals surface area contributed by atoms with Gasteiger partial charge in [-0.1, -0.05) is 12.8 Å². The number of carbonyl (C=O) groups excluding carboxylic acids is 2. The summed E-state index contributed by atoms with van der Waals surface area (Å²) in [6, 6.07) is -0.620. The second kappa shape index (κ2) is 5.49. The largest absolute Gasteiger partial charge is 0.467 e. The molecule has 1 saturated carbocycles. The molecule has 0 heterocycles. The van der Waals surface area contributed by atoms with Crippen LogP contribution in [-0.4, -0.2) is 30.6 Å². The zero-order valence-corrected chi connectivity index (χ0v) is 10.8. The highest BCUT2D eigenvalue weighted by Crippen LogP contribution is 2.31. The zero-order chi connectivity index (χ0) is 13.1. The number of nitrogens with two attached hydrogens (primary N) is 1. The number of nitrogens with one attached hydrogen (secondary N) is 1. The van der Waals surface area contributed by atoms with Crippen molar-refractivity contribution in [1.82, 2.24) is 5.32 Å². The van der Waals surface area contributed by atoms with Crippen LogP contribution in [0.4, 0.5) is 0 Å². The summed E-state index contributed by atoms with van der Waals surface area (Å²) in [5, 5.41) is 2.66. The van der Waals surface area contributed by atoms with Crippen LogP contribution in [0.3, 0.4) is 0 Å². The van der Waals surface area contributed by atoms with Gasteiger partial charge in [0.15, 0.2) is 0 Å². The molecule has 5 nitrogen and oxygen atoms in total. The molecule has 0 radical (unpaired) electrons. The van der Waals surface area contributed by atoms with Crippen LogP contribution < -0.4 is 11.1 Å². The maximum absolute atomic E-state index is 12.0. The number of methoxy groups -OCH3 is 1. The topological polar surface area (TPSA) is 81.4 Å². The molecule has 17 heavy (non-hydrogen) atoms. The number of carbonyl (C=O) groups is 2. The van der Waals surface area contributed by atoms with Gasteiger partial charge in [0, 0.05) is 5.54 Å². The normalized spacial score (nSPS) is 30.5. The van der Waals surface area contributed by atoms with Crippen molar-refractivity contribution in [1.29, 1.82) is 0 Å². The molecule has 3 N–H and O–H groups in total. The van der Waals surface area contributed by atoms with Crippen LogP contribution >= 0.6 is 0 Å². The molecule has 1 aliphatic rings. The van der Waals surface area contributed by atoms with Gasteiger partial charge in [0.25, 0.3) is 0 Å². The lowest BCUT2D eigenvalue weighted by Crippen LogP contribution is -2.54. The van der Waals surface area contributed by atoms with Crippen molar-refractivity contribution in [3.05, 3.63) is 0 Å². The van der Waals surface area contributed by atoms with Crippen molar-refractivity contribution in [2.45, 2.75) is 51.1 Å². The third-order valence-electron chi connectivity index (χ3n) is 3.48. The highest BCUT2D eigenvalue weighted by Gasteiger charge is 2.38. The third-order valence-corrected chi connectivity index (χ3v) is 3.48. The fraction of sp³-hybridized carbons (Fsp3) is 0.833. The van der Waals surface area contributed by atoms with E-state index in [1.807, 2.05) is 6.92 Å². The molecule has 0 aromatic heterocycles. The Bertz CT molecular complexity index is 302. The molecule has 0 aliphatic heterocycles. The van der Waals surface area contributed by atoms with Crippen LogP contribution in [-0.2, 0) is 14.3 Å². The molecule has 1 fully saturated rings. The first-order valence-corrected chi connectivity index (χ1v) is 6.05. The van der Waals surface area contributed by atoms with Crippen molar-refractivity contribution < 1.29 is 14.3 Å². The van der Waals surface area contributed by atoms with Crippen LogP contribution in [0.2, 0.25) is 0 Å². The van der Waals surface area contributed by atoms with Crippen LogP contribution in [0.25, 0.3) is 0 Å². The molecule has 98 valence electrons. The van der Waals surface area contributed by atoms with E-state index in [0.29, 0.717) is 0 Å². The minimum Gasteiger partial charge on any atom is -0.467 e. The van der Waals surface area contributed by atoms with Crippen molar-refractivity contribution >= 4 is 11.9 Å². The molecule has 0 aromatic rings. The molecule has 1 amide bonds. The molecule has 0 spiro atoms. The highest BCUT2D eigenvalue weighted by atomic mass is 16.5. The van der Waals surface area contributed by atoms with E-state index < -0.39 is 17.6 Å². The van der Waals surface area contributed by atoms with E-state index in [2.05, 4.69) is 10.1 Å². The second-order valence-corrected chi connectivity index (χ2v) is 5.06. The quantitative estimate of drug-likeness (QED) is 0.709. The summed E-state index contributed by atoms with van der Waals surface area (Å²) in [4.78, 5) is 23.3. The number of amides is 1. The Morgan fingerprint density at radius 3 is 2.65 bits per heavy atom. The number of hydrogen-bond acceptors (Lipinski definition) is 4. The van der Waals surface area contributed by atoms with E-state index in [4.69, 9.17) is 5.73 Å². The molecule has 0 saturated heterocycles. The number of ether oxygens (including phenoxy) is 1. The molecule has 1 rings (SSSR count). The number of esters is 1. The van der Waals surface area contributed by atoms with Gasteiger partial charge in [-0.3, -0.25) is 4.79 Å². The van der Waals surface area contributed by atoms with Crippen molar-refractivity contribution in [3.63, 3.8) is 0 Å². The molecule has 1 aliphatic carbocycles. The Labute approximate surface area is 102 Å². The summed E-state index contributed by atoms with van der Waals surface area (Å²) in [6.45, 7) is 3.51. The van der Waals surface area contributed by atoms with E-state index in [0.717, 1.165) is 25.7 Å². The minimum atomic E-state index is -0.620. The summed E-state index contributed by atoms with van der Waals surface area (Å²) in [5.74, 6) is -0.802. The lowest BCUT2D eigenvalue weighted by atomic mass is 9.74. The van der Waals surface area contributed by atoms with E-state index in [-0.39, 0.29) is 11.8 Å². The summed E-state index contributed by atoms with van der Waals surface area (Å²) in [6.07, 6.45) is 3.70. The molecule has 3 atom stereocenters. The standard InChI is InChI=1S/C12H22N2O3/c1-8(11(16)17-3)14-10(15)9-6-4-5-7-12(9,2)13/h8-9H,4-7,13H2,1-3H3,(H,14,15).